The van der Waals surface area contributed by atoms with E-state index >= 15 is 0 Å². The molecule has 0 aliphatic carbocycles. The minimum Gasteiger partial charge on any atom is -0.376 e. The predicted molar refractivity (Wildman–Crippen MR) is 116 cm³/mol. The fourth-order valence-corrected chi connectivity index (χ4v) is 6.24. The number of hydrogen-bond acceptors (Lipinski definition) is 6. The van der Waals surface area contributed by atoms with E-state index in [9.17, 15) is 18.0 Å². The number of thiophene rings is 1. The van der Waals surface area contributed by atoms with Crippen molar-refractivity contribution in [1.82, 2.24) is 4.90 Å². The molecule has 0 saturated carbocycles. The van der Waals surface area contributed by atoms with Crippen LogP contribution in [0.1, 0.15) is 39.3 Å². The maximum absolute atomic E-state index is 13.2. The first kappa shape index (κ1) is 21.0. The van der Waals surface area contributed by atoms with Gasteiger partial charge in [0.25, 0.3) is 11.8 Å². The standard InChI is InChI=1S/C21H24N2O5S2/c24-20(19-4-2-11-29-19)22-16-7-5-15(6-8-16)21(25)23(13-18-3-1-10-28-18)17-9-12-30(26,27)14-17/h2,4-8,11,17-18H,1,3,9-10,12-14H2,(H,22,24)/t17-,18-/m0/s1. The fraction of sp³-hybridized carbons (Fsp3) is 0.429. The monoisotopic (exact) mass is 448 g/mol. The zero-order valence-electron chi connectivity index (χ0n) is 16.5. The van der Waals surface area contributed by atoms with Crippen molar-refractivity contribution < 1.29 is 22.7 Å². The van der Waals surface area contributed by atoms with Gasteiger partial charge in [-0.05, 0) is 55.0 Å². The first-order chi connectivity index (χ1) is 14.4. The summed E-state index contributed by atoms with van der Waals surface area (Å²) in [6, 6.07) is 9.94. The highest BCUT2D eigenvalue weighted by atomic mass is 32.2. The number of ether oxygens (including phenoxy) is 1. The Balaban J connectivity index is 1.48. The molecule has 2 fully saturated rings. The van der Waals surface area contributed by atoms with Crippen molar-refractivity contribution in [3.05, 3.63) is 52.2 Å². The van der Waals surface area contributed by atoms with Gasteiger partial charge in [-0.1, -0.05) is 6.07 Å². The van der Waals surface area contributed by atoms with Crippen LogP contribution in [0.3, 0.4) is 0 Å². The van der Waals surface area contributed by atoms with Gasteiger partial charge in [-0.2, -0.15) is 0 Å². The van der Waals surface area contributed by atoms with Gasteiger partial charge in [-0.15, -0.1) is 11.3 Å². The lowest BCUT2D eigenvalue weighted by Gasteiger charge is -2.30. The third-order valence-electron chi connectivity index (χ3n) is 5.47. The number of sulfone groups is 1. The van der Waals surface area contributed by atoms with E-state index in [1.165, 1.54) is 11.3 Å². The highest BCUT2D eigenvalue weighted by molar-refractivity contribution is 7.91. The molecular formula is C21H24N2O5S2. The molecule has 1 aromatic heterocycles. The van der Waals surface area contributed by atoms with Crippen LogP contribution in [0.2, 0.25) is 0 Å². The summed E-state index contributed by atoms with van der Waals surface area (Å²) in [6.07, 6.45) is 2.22. The van der Waals surface area contributed by atoms with E-state index in [2.05, 4.69) is 5.32 Å². The van der Waals surface area contributed by atoms with Crippen molar-refractivity contribution in [2.75, 3.05) is 30.0 Å². The normalized spacial score (nSPS) is 22.7. The minimum absolute atomic E-state index is 0.000411. The van der Waals surface area contributed by atoms with E-state index in [1.807, 2.05) is 11.4 Å². The number of nitrogens with zero attached hydrogens (tertiary/aromatic N) is 1. The molecule has 1 N–H and O–H groups in total. The second kappa shape index (κ2) is 8.87. The van der Waals surface area contributed by atoms with E-state index < -0.39 is 9.84 Å². The summed E-state index contributed by atoms with van der Waals surface area (Å²) in [6.45, 7) is 1.07. The van der Waals surface area contributed by atoms with Crippen LogP contribution < -0.4 is 5.32 Å². The summed E-state index contributed by atoms with van der Waals surface area (Å²) in [5.41, 5.74) is 1.06. The van der Waals surface area contributed by atoms with Crippen molar-refractivity contribution in [3.63, 3.8) is 0 Å². The lowest BCUT2D eigenvalue weighted by molar-refractivity contribution is 0.0441. The summed E-state index contributed by atoms with van der Waals surface area (Å²) in [5, 5.41) is 4.65. The number of amides is 2. The molecular weight excluding hydrogens is 424 g/mol. The van der Waals surface area contributed by atoms with Crippen molar-refractivity contribution in [2.45, 2.75) is 31.4 Å². The third kappa shape index (κ3) is 4.91. The van der Waals surface area contributed by atoms with Crippen LogP contribution in [0.4, 0.5) is 5.69 Å². The molecule has 7 nitrogen and oxygen atoms in total. The fourth-order valence-electron chi connectivity index (χ4n) is 3.89. The number of rotatable bonds is 6. The van der Waals surface area contributed by atoms with E-state index in [4.69, 9.17) is 4.74 Å². The minimum atomic E-state index is -3.11. The first-order valence-electron chi connectivity index (χ1n) is 9.99. The molecule has 160 valence electrons. The largest absolute Gasteiger partial charge is 0.376 e. The second-order valence-electron chi connectivity index (χ2n) is 7.66. The van der Waals surface area contributed by atoms with Crippen LogP contribution in [-0.4, -0.2) is 61.9 Å². The maximum atomic E-state index is 13.2. The van der Waals surface area contributed by atoms with Crippen molar-refractivity contribution in [3.8, 4) is 0 Å². The Bertz CT molecular complexity index is 997. The van der Waals surface area contributed by atoms with E-state index in [0.29, 0.717) is 35.7 Å². The summed E-state index contributed by atoms with van der Waals surface area (Å²) >= 11 is 1.36. The molecule has 2 amide bonds. The smallest absolute Gasteiger partial charge is 0.265 e. The van der Waals surface area contributed by atoms with Crippen LogP contribution in [0.15, 0.2) is 41.8 Å². The number of hydrogen-bond donors (Lipinski definition) is 1. The van der Waals surface area contributed by atoms with Gasteiger partial charge in [-0.25, -0.2) is 8.42 Å². The van der Waals surface area contributed by atoms with E-state index in [1.54, 1.807) is 35.2 Å². The molecule has 2 aliphatic rings. The number of nitrogens with one attached hydrogen (secondary N) is 1. The number of carbonyl (C=O) groups excluding carboxylic acids is 2. The number of benzene rings is 1. The Labute approximate surface area is 180 Å². The first-order valence-corrected chi connectivity index (χ1v) is 12.7. The average molecular weight is 449 g/mol. The van der Waals surface area contributed by atoms with Crippen molar-refractivity contribution in [2.24, 2.45) is 0 Å². The zero-order chi connectivity index (χ0) is 21.1. The van der Waals surface area contributed by atoms with Gasteiger partial charge >= 0.3 is 0 Å². The van der Waals surface area contributed by atoms with E-state index in [0.717, 1.165) is 12.8 Å². The zero-order valence-corrected chi connectivity index (χ0v) is 18.1. The topological polar surface area (TPSA) is 92.8 Å². The van der Waals surface area contributed by atoms with Crippen molar-refractivity contribution in [1.29, 1.82) is 0 Å². The quantitative estimate of drug-likeness (QED) is 0.734. The maximum Gasteiger partial charge on any atom is 0.265 e. The Kier molecular flexibility index (Phi) is 6.21. The van der Waals surface area contributed by atoms with Crippen LogP contribution in [-0.2, 0) is 14.6 Å². The Morgan fingerprint density at radius 1 is 1.17 bits per heavy atom. The Morgan fingerprint density at radius 2 is 1.97 bits per heavy atom. The molecule has 0 radical (unpaired) electrons. The highest BCUT2D eigenvalue weighted by Gasteiger charge is 2.36. The molecule has 3 heterocycles. The highest BCUT2D eigenvalue weighted by Crippen LogP contribution is 2.24. The number of anilines is 1. The van der Waals surface area contributed by atoms with Crippen LogP contribution in [0, 0.1) is 0 Å². The lowest BCUT2D eigenvalue weighted by Crippen LogP contribution is -2.45. The molecule has 30 heavy (non-hydrogen) atoms. The number of carbonyl (C=O) groups is 2. The van der Waals surface area contributed by atoms with Crippen LogP contribution in [0.25, 0.3) is 0 Å². The molecule has 2 atom stereocenters. The Hall–Kier alpha value is -2.23. The molecule has 1 aromatic carbocycles. The average Bonchev–Trinajstić information content (AvgIpc) is 3.48. The molecule has 4 rings (SSSR count). The third-order valence-corrected chi connectivity index (χ3v) is 8.09. The summed E-state index contributed by atoms with van der Waals surface area (Å²) < 4.78 is 29.6. The summed E-state index contributed by atoms with van der Waals surface area (Å²) in [4.78, 5) is 27.7. The SMILES string of the molecule is O=C(Nc1ccc(C(=O)N(C[C@@H]2CCCO2)[C@H]2CCS(=O)(=O)C2)cc1)c1cccs1. The summed E-state index contributed by atoms with van der Waals surface area (Å²) in [5.74, 6) is -0.287. The molecule has 9 heteroatoms. The van der Waals surface area contributed by atoms with Gasteiger partial charge in [-0.3, -0.25) is 9.59 Å². The molecule has 0 spiro atoms. The van der Waals surface area contributed by atoms with Crippen LogP contribution >= 0.6 is 11.3 Å². The van der Waals surface area contributed by atoms with Gasteiger partial charge in [0.2, 0.25) is 0 Å². The molecule has 2 saturated heterocycles. The Morgan fingerprint density at radius 3 is 2.57 bits per heavy atom. The van der Waals surface area contributed by atoms with Crippen LogP contribution in [0.5, 0.6) is 0 Å². The van der Waals surface area contributed by atoms with Gasteiger partial charge in [0.05, 0.1) is 22.5 Å². The van der Waals surface area contributed by atoms with Gasteiger partial charge in [0.15, 0.2) is 9.84 Å². The molecule has 0 bridgehead atoms. The summed E-state index contributed by atoms with van der Waals surface area (Å²) in [7, 11) is -3.11. The lowest BCUT2D eigenvalue weighted by atomic mass is 10.1. The van der Waals surface area contributed by atoms with Gasteiger partial charge in [0, 0.05) is 30.4 Å². The second-order valence-corrected chi connectivity index (χ2v) is 10.8. The van der Waals surface area contributed by atoms with Gasteiger partial charge in [0.1, 0.15) is 0 Å². The van der Waals surface area contributed by atoms with Crippen molar-refractivity contribution >= 4 is 38.7 Å². The van der Waals surface area contributed by atoms with Gasteiger partial charge < -0.3 is 15.0 Å². The molecule has 0 unspecified atom stereocenters. The molecule has 2 aromatic rings. The predicted octanol–water partition coefficient (Wildman–Crippen LogP) is 2.81. The molecule has 2 aliphatic heterocycles. The van der Waals surface area contributed by atoms with E-state index in [-0.39, 0.29) is 35.5 Å².